The van der Waals surface area contributed by atoms with Gasteiger partial charge in [-0.2, -0.15) is 0 Å². The first-order chi connectivity index (χ1) is 16.1. The molecule has 0 saturated carbocycles. The average Bonchev–Trinajstić information content (AvgIpc) is 3.35. The maximum absolute atomic E-state index is 13.2. The summed E-state index contributed by atoms with van der Waals surface area (Å²) in [7, 11) is 0. The Balaban J connectivity index is 1.34. The second-order valence-electron chi connectivity index (χ2n) is 11.2. The lowest BCUT2D eigenvalue weighted by molar-refractivity contribution is -0.129. The molecule has 34 heavy (non-hydrogen) atoms. The Kier molecular flexibility index (Phi) is 7.13. The summed E-state index contributed by atoms with van der Waals surface area (Å²) in [5.41, 5.74) is 3.74. The molecule has 5 heteroatoms. The summed E-state index contributed by atoms with van der Waals surface area (Å²) in [6.07, 6.45) is 0.885. The summed E-state index contributed by atoms with van der Waals surface area (Å²) in [6.45, 7) is 14.6. The van der Waals surface area contributed by atoms with Crippen molar-refractivity contribution in [3.63, 3.8) is 0 Å². The number of benzene rings is 2. The molecule has 2 heterocycles. The molecule has 2 fully saturated rings. The zero-order valence-electron chi connectivity index (χ0n) is 21.3. The van der Waals surface area contributed by atoms with Gasteiger partial charge in [0.05, 0.1) is 6.04 Å². The first-order valence-electron chi connectivity index (χ1n) is 12.6. The highest BCUT2D eigenvalue weighted by Crippen LogP contribution is 2.33. The molecule has 2 aromatic rings. The number of likely N-dealkylation sites (tertiary alicyclic amines) is 2. The molecule has 0 aliphatic carbocycles. The van der Waals surface area contributed by atoms with Gasteiger partial charge in [-0.1, -0.05) is 69.3 Å². The maximum atomic E-state index is 13.2. The fourth-order valence-corrected chi connectivity index (χ4v) is 5.44. The zero-order chi connectivity index (χ0) is 24.5. The van der Waals surface area contributed by atoms with E-state index < -0.39 is 5.41 Å². The second kappa shape index (κ2) is 9.91. The first-order valence-corrected chi connectivity index (χ1v) is 12.6. The van der Waals surface area contributed by atoms with Crippen LogP contribution < -0.4 is 5.32 Å². The number of aryl methyl sites for hydroxylation is 2. The number of hydrogen-bond donors (Lipinski definition) is 1. The smallest absolute Gasteiger partial charge is 0.254 e. The number of carbonyl (C=O) groups excluding carboxylic acids is 2. The van der Waals surface area contributed by atoms with Crippen LogP contribution in [0.2, 0.25) is 0 Å². The van der Waals surface area contributed by atoms with Crippen molar-refractivity contribution in [3.8, 4) is 0 Å². The van der Waals surface area contributed by atoms with Crippen molar-refractivity contribution in [2.75, 3.05) is 32.7 Å². The minimum atomic E-state index is -0.414. The summed E-state index contributed by atoms with van der Waals surface area (Å²) in [5, 5.41) is 3.28. The van der Waals surface area contributed by atoms with Crippen LogP contribution in [0.5, 0.6) is 0 Å². The third-order valence-electron chi connectivity index (χ3n) is 7.47. The van der Waals surface area contributed by atoms with Crippen molar-refractivity contribution >= 4 is 11.8 Å². The fourth-order valence-electron chi connectivity index (χ4n) is 5.44. The van der Waals surface area contributed by atoms with Gasteiger partial charge in [0.15, 0.2) is 0 Å². The molecule has 4 rings (SSSR count). The zero-order valence-corrected chi connectivity index (χ0v) is 21.3. The summed E-state index contributed by atoms with van der Waals surface area (Å²) in [5.74, 6) is 1.34. The number of rotatable bonds is 6. The van der Waals surface area contributed by atoms with Crippen molar-refractivity contribution in [2.45, 2.75) is 47.1 Å². The fraction of sp³-hybridized carbons (Fsp3) is 0.517. The van der Waals surface area contributed by atoms with Crippen molar-refractivity contribution in [2.24, 2.45) is 17.3 Å². The second-order valence-corrected chi connectivity index (χ2v) is 11.2. The van der Waals surface area contributed by atoms with Gasteiger partial charge in [-0.3, -0.25) is 9.59 Å². The third-order valence-corrected chi connectivity index (χ3v) is 7.47. The lowest BCUT2D eigenvalue weighted by Gasteiger charge is -2.27. The molecular weight excluding hydrogens is 422 g/mol. The average molecular weight is 462 g/mol. The molecule has 182 valence electrons. The summed E-state index contributed by atoms with van der Waals surface area (Å²) in [6, 6.07) is 16.4. The van der Waals surface area contributed by atoms with Gasteiger partial charge in [0.1, 0.15) is 0 Å². The van der Waals surface area contributed by atoms with Gasteiger partial charge in [-0.15, -0.1) is 0 Å². The lowest BCUT2D eigenvalue weighted by Crippen LogP contribution is -2.39. The highest BCUT2D eigenvalue weighted by molar-refractivity contribution is 5.97. The molecule has 5 nitrogen and oxygen atoms in total. The van der Waals surface area contributed by atoms with Crippen LogP contribution in [0.15, 0.2) is 48.5 Å². The molecule has 3 atom stereocenters. The predicted octanol–water partition coefficient (Wildman–Crippen LogP) is 4.60. The van der Waals surface area contributed by atoms with Crippen molar-refractivity contribution in [1.82, 2.24) is 15.1 Å². The number of amides is 2. The van der Waals surface area contributed by atoms with Crippen LogP contribution in [0.1, 0.15) is 60.3 Å². The van der Waals surface area contributed by atoms with Gasteiger partial charge in [0.25, 0.3) is 5.91 Å². The van der Waals surface area contributed by atoms with E-state index in [1.54, 1.807) is 0 Å². The van der Waals surface area contributed by atoms with Gasteiger partial charge in [0, 0.05) is 43.7 Å². The van der Waals surface area contributed by atoms with Crippen LogP contribution in [-0.4, -0.2) is 54.3 Å². The SMILES string of the molecule is Cc1cccc(C)c1C(=O)N1CC2CN(CCC(NC(=O)C(C)(C)C)c3ccccc3)C[C@H]2C1. The normalized spacial score (nSPS) is 21.4. The molecule has 0 bridgehead atoms. The summed E-state index contributed by atoms with van der Waals surface area (Å²) >= 11 is 0. The Bertz CT molecular complexity index is 993. The molecule has 0 aromatic heterocycles. The Morgan fingerprint density at radius 3 is 2.06 bits per heavy atom. The standard InChI is InChI=1S/C29H39N3O2/c1-20-10-9-11-21(2)26(20)27(33)32-18-23-16-31(17-24(23)19-32)15-14-25(22-12-7-6-8-13-22)30-28(34)29(3,4)5/h6-13,23-25H,14-19H2,1-5H3,(H,30,34)/t23-,24?,25?/m0/s1. The van der Waals surface area contributed by atoms with Crippen molar-refractivity contribution < 1.29 is 9.59 Å². The van der Waals surface area contributed by atoms with E-state index in [1.165, 1.54) is 0 Å². The highest BCUT2D eigenvalue weighted by atomic mass is 16.2. The largest absolute Gasteiger partial charge is 0.349 e. The monoisotopic (exact) mass is 461 g/mol. The molecule has 0 spiro atoms. The van der Waals surface area contributed by atoms with Crippen LogP contribution in [0.25, 0.3) is 0 Å². The van der Waals surface area contributed by atoms with E-state index in [9.17, 15) is 9.59 Å². The summed E-state index contributed by atoms with van der Waals surface area (Å²) in [4.78, 5) is 30.5. The predicted molar refractivity (Wildman–Crippen MR) is 137 cm³/mol. The molecule has 2 saturated heterocycles. The number of nitrogens with one attached hydrogen (secondary N) is 1. The van der Waals surface area contributed by atoms with Crippen molar-refractivity contribution in [1.29, 1.82) is 0 Å². The number of fused-ring (bicyclic) bond motifs is 1. The van der Waals surface area contributed by atoms with E-state index in [0.29, 0.717) is 11.8 Å². The first kappa shape index (κ1) is 24.5. The van der Waals surface area contributed by atoms with E-state index >= 15 is 0 Å². The van der Waals surface area contributed by atoms with Gasteiger partial charge in [-0.05, 0) is 48.8 Å². The van der Waals surface area contributed by atoms with Crippen LogP contribution in [0, 0.1) is 31.1 Å². The van der Waals surface area contributed by atoms with E-state index in [1.807, 2.05) is 71.0 Å². The molecule has 2 amide bonds. The number of hydrogen-bond acceptors (Lipinski definition) is 3. The number of carbonyl (C=O) groups is 2. The number of nitrogens with zero attached hydrogens (tertiary/aromatic N) is 2. The van der Waals surface area contributed by atoms with Crippen LogP contribution in [0.4, 0.5) is 0 Å². The minimum absolute atomic E-state index is 0.00970. The van der Waals surface area contributed by atoms with E-state index in [4.69, 9.17) is 0 Å². The van der Waals surface area contributed by atoms with Crippen LogP contribution in [0.3, 0.4) is 0 Å². The highest BCUT2D eigenvalue weighted by Gasteiger charge is 2.42. The van der Waals surface area contributed by atoms with Gasteiger partial charge >= 0.3 is 0 Å². The Hall–Kier alpha value is -2.66. The van der Waals surface area contributed by atoms with Crippen molar-refractivity contribution in [3.05, 3.63) is 70.8 Å². The van der Waals surface area contributed by atoms with E-state index in [0.717, 1.165) is 61.4 Å². The molecule has 2 aromatic carbocycles. The van der Waals surface area contributed by atoms with Crippen LogP contribution in [-0.2, 0) is 4.79 Å². The third kappa shape index (κ3) is 5.35. The van der Waals surface area contributed by atoms with E-state index in [-0.39, 0.29) is 17.9 Å². The summed E-state index contributed by atoms with van der Waals surface area (Å²) < 4.78 is 0. The van der Waals surface area contributed by atoms with Gasteiger partial charge in [0.2, 0.25) is 5.91 Å². The molecule has 2 unspecified atom stereocenters. The lowest BCUT2D eigenvalue weighted by atomic mass is 9.94. The van der Waals surface area contributed by atoms with Gasteiger partial charge < -0.3 is 15.1 Å². The molecule has 0 radical (unpaired) electrons. The van der Waals surface area contributed by atoms with Crippen LogP contribution >= 0.6 is 0 Å². The Morgan fingerprint density at radius 2 is 1.50 bits per heavy atom. The molecule has 2 aliphatic heterocycles. The minimum Gasteiger partial charge on any atom is -0.349 e. The topological polar surface area (TPSA) is 52.7 Å². The maximum Gasteiger partial charge on any atom is 0.254 e. The Morgan fingerprint density at radius 1 is 0.912 bits per heavy atom. The molecular formula is C29H39N3O2. The quantitative estimate of drug-likeness (QED) is 0.684. The van der Waals surface area contributed by atoms with E-state index in [2.05, 4.69) is 27.2 Å². The molecule has 2 aliphatic rings. The molecule has 1 N–H and O–H groups in total. The van der Waals surface area contributed by atoms with Gasteiger partial charge in [-0.25, -0.2) is 0 Å². The Labute approximate surface area is 204 Å².